The van der Waals surface area contributed by atoms with Crippen LogP contribution in [0.2, 0.25) is 0 Å². The lowest BCUT2D eigenvalue weighted by Gasteiger charge is -2.40. The first kappa shape index (κ1) is 22.3. The van der Waals surface area contributed by atoms with Crippen molar-refractivity contribution in [2.45, 2.75) is 58.5 Å². The van der Waals surface area contributed by atoms with E-state index in [1.807, 2.05) is 13.0 Å². The number of nitrogens with zero attached hydrogens (tertiary/aromatic N) is 1. The zero-order valence-corrected chi connectivity index (χ0v) is 20.4. The van der Waals surface area contributed by atoms with E-state index in [9.17, 15) is 4.79 Å². The van der Waals surface area contributed by atoms with Gasteiger partial charge in [0, 0.05) is 37.3 Å². The topological polar surface area (TPSA) is 50.8 Å². The third-order valence-corrected chi connectivity index (χ3v) is 7.87. The number of hydrogen-bond acceptors (Lipinski definition) is 5. The van der Waals surface area contributed by atoms with E-state index in [-0.39, 0.29) is 23.4 Å². The van der Waals surface area contributed by atoms with Crippen LogP contribution in [0.4, 0.5) is 5.69 Å². The van der Waals surface area contributed by atoms with Crippen molar-refractivity contribution in [3.05, 3.63) is 58.1 Å². The predicted octanol–water partition coefficient (Wildman–Crippen LogP) is 4.63. The van der Waals surface area contributed by atoms with Crippen LogP contribution in [-0.2, 0) is 22.4 Å². The summed E-state index contributed by atoms with van der Waals surface area (Å²) in [5.74, 6) is 1.08. The maximum atomic E-state index is 12.9. The number of ether oxygens (including phenoxy) is 2. The Morgan fingerprint density at radius 1 is 1.21 bits per heavy atom. The molecule has 1 fully saturated rings. The third-order valence-electron chi connectivity index (χ3n) is 7.87. The van der Waals surface area contributed by atoms with Gasteiger partial charge in [0.1, 0.15) is 11.4 Å². The molecule has 0 radical (unpaired) electrons. The van der Waals surface area contributed by atoms with Gasteiger partial charge in [-0.1, -0.05) is 30.3 Å². The van der Waals surface area contributed by atoms with Crippen molar-refractivity contribution < 1.29 is 14.3 Å². The van der Waals surface area contributed by atoms with Gasteiger partial charge >= 0.3 is 5.97 Å². The van der Waals surface area contributed by atoms with Gasteiger partial charge in [-0.25, -0.2) is 0 Å². The van der Waals surface area contributed by atoms with Gasteiger partial charge < -0.3 is 14.8 Å². The number of benzene rings is 2. The van der Waals surface area contributed by atoms with Crippen molar-refractivity contribution >= 4 is 11.7 Å². The molecule has 0 bridgehead atoms. The number of esters is 1. The number of anilines is 1. The first-order valence-electron chi connectivity index (χ1n) is 12.4. The summed E-state index contributed by atoms with van der Waals surface area (Å²) in [6.07, 6.45) is 2.95. The van der Waals surface area contributed by atoms with Gasteiger partial charge in [0.15, 0.2) is 0 Å². The number of carbonyl (C=O) groups is 1. The molecule has 3 unspecified atom stereocenters. The number of rotatable bonds is 5. The molecule has 3 atom stereocenters. The van der Waals surface area contributed by atoms with Gasteiger partial charge in [0.05, 0.1) is 12.5 Å². The molecule has 1 N–H and O–H groups in total. The third kappa shape index (κ3) is 4.01. The Hall–Kier alpha value is -2.53. The number of fused-ring (bicyclic) bond motifs is 3. The highest BCUT2D eigenvalue weighted by molar-refractivity contribution is 5.74. The largest absolute Gasteiger partial charge is 0.485 e. The van der Waals surface area contributed by atoms with Gasteiger partial charge in [-0.3, -0.25) is 9.69 Å². The average Bonchev–Trinajstić information content (AvgIpc) is 3.43. The second-order valence-electron chi connectivity index (χ2n) is 10.2. The summed E-state index contributed by atoms with van der Waals surface area (Å²) in [4.78, 5) is 15.4. The predicted molar refractivity (Wildman–Crippen MR) is 131 cm³/mol. The first-order valence-corrected chi connectivity index (χ1v) is 12.4. The summed E-state index contributed by atoms with van der Waals surface area (Å²) in [6.45, 7) is 12.4. The lowest BCUT2D eigenvalue weighted by molar-refractivity contribution is -0.151. The van der Waals surface area contributed by atoms with Crippen LogP contribution in [0.15, 0.2) is 30.3 Å². The fraction of sp³-hybridized carbons (Fsp3) is 0.536. The number of nitrogens with one attached hydrogen (secondary N) is 1. The Morgan fingerprint density at radius 3 is 2.76 bits per heavy atom. The lowest BCUT2D eigenvalue weighted by Crippen LogP contribution is -2.50. The lowest BCUT2D eigenvalue weighted by atomic mass is 9.80. The Bertz CT molecular complexity index is 1050. The minimum Gasteiger partial charge on any atom is -0.485 e. The normalized spacial score (nSPS) is 26.3. The first-order chi connectivity index (χ1) is 15.9. The van der Waals surface area contributed by atoms with E-state index in [1.54, 1.807) is 0 Å². The molecule has 0 aromatic heterocycles. The Balaban J connectivity index is 1.35. The molecule has 0 aliphatic carbocycles. The standard InChI is InChI=1S/C28H36N2O3/c1-5-32-27(31)24-16-30(14-12-21(24)20-9-7-6-8-10-20)17-28(4)15-23-22-11-13-29-25(22)18(2)19(3)26(23)33-28/h6-10,21,24,29H,5,11-17H2,1-4H3. The minimum absolute atomic E-state index is 0.0767. The molecular weight excluding hydrogens is 412 g/mol. The van der Waals surface area contributed by atoms with Crippen molar-refractivity contribution in [1.29, 1.82) is 0 Å². The molecule has 3 aliphatic rings. The van der Waals surface area contributed by atoms with Crippen LogP contribution in [0.5, 0.6) is 5.75 Å². The summed E-state index contributed by atoms with van der Waals surface area (Å²) in [7, 11) is 0. The smallest absolute Gasteiger partial charge is 0.310 e. The summed E-state index contributed by atoms with van der Waals surface area (Å²) < 4.78 is 12.2. The van der Waals surface area contributed by atoms with E-state index in [0.29, 0.717) is 13.2 Å². The van der Waals surface area contributed by atoms with E-state index in [2.05, 4.69) is 55.3 Å². The molecule has 0 spiro atoms. The molecule has 2 aromatic rings. The fourth-order valence-corrected chi connectivity index (χ4v) is 6.22. The molecular formula is C28H36N2O3. The Kier molecular flexibility index (Phi) is 5.86. The van der Waals surface area contributed by atoms with Crippen LogP contribution in [0.25, 0.3) is 0 Å². The molecule has 0 saturated carbocycles. The van der Waals surface area contributed by atoms with Crippen molar-refractivity contribution in [2.75, 3.05) is 38.1 Å². The van der Waals surface area contributed by atoms with Crippen molar-refractivity contribution in [3.63, 3.8) is 0 Å². The molecule has 3 heterocycles. The van der Waals surface area contributed by atoms with Gasteiger partial charge in [0.25, 0.3) is 0 Å². The highest BCUT2D eigenvalue weighted by atomic mass is 16.5. The van der Waals surface area contributed by atoms with E-state index in [1.165, 1.54) is 33.5 Å². The molecule has 3 aliphatic heterocycles. The van der Waals surface area contributed by atoms with Crippen LogP contribution in [0.1, 0.15) is 54.0 Å². The van der Waals surface area contributed by atoms with Crippen LogP contribution in [-0.4, -0.2) is 49.3 Å². The second-order valence-corrected chi connectivity index (χ2v) is 10.2. The quantitative estimate of drug-likeness (QED) is 0.676. The highest BCUT2D eigenvalue weighted by Crippen LogP contribution is 2.47. The maximum absolute atomic E-state index is 12.9. The minimum atomic E-state index is -0.282. The molecule has 5 nitrogen and oxygen atoms in total. The number of piperidine rings is 1. The van der Waals surface area contributed by atoms with Crippen LogP contribution >= 0.6 is 0 Å². The van der Waals surface area contributed by atoms with Gasteiger partial charge in [-0.2, -0.15) is 0 Å². The van der Waals surface area contributed by atoms with E-state index in [0.717, 1.165) is 44.6 Å². The molecule has 0 amide bonds. The summed E-state index contributed by atoms with van der Waals surface area (Å²) in [5, 5.41) is 3.58. The molecule has 1 saturated heterocycles. The molecule has 2 aromatic carbocycles. The van der Waals surface area contributed by atoms with E-state index < -0.39 is 0 Å². The van der Waals surface area contributed by atoms with Crippen LogP contribution < -0.4 is 10.1 Å². The fourth-order valence-electron chi connectivity index (χ4n) is 6.22. The van der Waals surface area contributed by atoms with Crippen molar-refractivity contribution in [2.24, 2.45) is 5.92 Å². The second kappa shape index (κ2) is 8.68. The van der Waals surface area contributed by atoms with Crippen molar-refractivity contribution in [3.8, 4) is 5.75 Å². The molecule has 33 heavy (non-hydrogen) atoms. The zero-order valence-electron chi connectivity index (χ0n) is 20.4. The van der Waals surface area contributed by atoms with Gasteiger partial charge in [-0.15, -0.1) is 0 Å². The van der Waals surface area contributed by atoms with Gasteiger partial charge in [0.2, 0.25) is 0 Å². The average molecular weight is 449 g/mol. The number of hydrogen-bond donors (Lipinski definition) is 1. The van der Waals surface area contributed by atoms with Crippen LogP contribution in [0, 0.1) is 19.8 Å². The molecule has 176 valence electrons. The van der Waals surface area contributed by atoms with Crippen molar-refractivity contribution in [1.82, 2.24) is 4.90 Å². The van der Waals surface area contributed by atoms with Crippen LogP contribution in [0.3, 0.4) is 0 Å². The van der Waals surface area contributed by atoms with E-state index >= 15 is 0 Å². The van der Waals surface area contributed by atoms with Gasteiger partial charge in [-0.05, 0) is 75.3 Å². The van der Waals surface area contributed by atoms with E-state index in [4.69, 9.17) is 9.47 Å². The summed E-state index contributed by atoms with van der Waals surface area (Å²) >= 11 is 0. The number of likely N-dealkylation sites (tertiary alicyclic amines) is 1. The number of carbonyl (C=O) groups excluding carboxylic acids is 1. The molecule has 5 heteroatoms. The highest BCUT2D eigenvalue weighted by Gasteiger charge is 2.43. The Morgan fingerprint density at radius 2 is 2.00 bits per heavy atom. The Labute approximate surface area is 197 Å². The maximum Gasteiger partial charge on any atom is 0.310 e. The zero-order chi connectivity index (χ0) is 23.2. The summed E-state index contributed by atoms with van der Waals surface area (Å²) in [6, 6.07) is 10.4. The molecule has 5 rings (SSSR count). The summed E-state index contributed by atoms with van der Waals surface area (Å²) in [5.41, 5.74) is 7.69. The SMILES string of the molecule is CCOC(=O)C1CN(CC2(C)Cc3c4c(c(C)c(C)c3O2)NCC4)CCC1c1ccccc1. The monoisotopic (exact) mass is 448 g/mol.